The molecule has 2 nitrogen and oxygen atoms in total. The highest BCUT2D eigenvalue weighted by Gasteiger charge is 2.09. The van der Waals surface area contributed by atoms with Gasteiger partial charge in [0.05, 0.1) is 10.2 Å². The van der Waals surface area contributed by atoms with E-state index in [9.17, 15) is 8.78 Å². The second-order valence-corrected chi connectivity index (χ2v) is 5.70. The van der Waals surface area contributed by atoms with E-state index < -0.39 is 11.6 Å². The van der Waals surface area contributed by atoms with Crippen LogP contribution >= 0.6 is 15.9 Å². The molecule has 1 aromatic carbocycles. The zero-order valence-electron chi connectivity index (χ0n) is 10.2. The van der Waals surface area contributed by atoms with Gasteiger partial charge in [-0.05, 0) is 42.8 Å². The summed E-state index contributed by atoms with van der Waals surface area (Å²) in [7, 11) is 0. The van der Waals surface area contributed by atoms with E-state index >= 15 is 0 Å². The van der Waals surface area contributed by atoms with Crippen molar-refractivity contribution in [3.63, 3.8) is 0 Å². The lowest BCUT2D eigenvalue weighted by Gasteiger charge is -2.20. The zero-order chi connectivity index (χ0) is 13.1. The molecule has 0 heterocycles. The van der Waals surface area contributed by atoms with Gasteiger partial charge in [0.15, 0.2) is 0 Å². The lowest BCUT2D eigenvalue weighted by Crippen LogP contribution is -2.38. The smallest absolute Gasteiger partial charge is 0.149 e. The van der Waals surface area contributed by atoms with Crippen LogP contribution in [-0.2, 0) is 0 Å². The summed E-state index contributed by atoms with van der Waals surface area (Å²) in [6.07, 6.45) is 0. The summed E-state index contributed by atoms with van der Waals surface area (Å²) in [6, 6.07) is 2.27. The summed E-state index contributed by atoms with van der Waals surface area (Å²) in [5.74, 6) is -1.18. The summed E-state index contributed by atoms with van der Waals surface area (Å²) in [4.78, 5) is 0. The Morgan fingerprint density at radius 3 is 2.35 bits per heavy atom. The molecule has 1 rings (SSSR count). The molecule has 0 radical (unpaired) electrons. The zero-order valence-corrected chi connectivity index (χ0v) is 11.8. The van der Waals surface area contributed by atoms with Crippen LogP contribution in [0.5, 0.6) is 0 Å². The van der Waals surface area contributed by atoms with E-state index in [1.807, 2.05) is 0 Å². The Labute approximate surface area is 109 Å². The number of rotatable bonds is 4. The molecule has 0 fully saturated rings. The lowest BCUT2D eigenvalue weighted by molar-refractivity contribution is 0.435. The molecule has 0 aliphatic heterocycles. The molecule has 5 heteroatoms. The molecule has 0 saturated heterocycles. The molecular formula is C12H17BrF2N2. The standard InChI is InChI=1S/C12H17BrF2N2/c1-12(2,3)17-5-4-16-11-6-8(13)9(14)7-10(11)15/h6-7,16-17H,4-5H2,1-3H3. The highest BCUT2D eigenvalue weighted by atomic mass is 79.9. The molecule has 0 bridgehead atoms. The van der Waals surface area contributed by atoms with Crippen molar-refractivity contribution < 1.29 is 8.78 Å². The number of benzene rings is 1. The van der Waals surface area contributed by atoms with Crippen LogP contribution in [0.4, 0.5) is 14.5 Å². The van der Waals surface area contributed by atoms with Crippen LogP contribution < -0.4 is 10.6 Å². The summed E-state index contributed by atoms with van der Waals surface area (Å²) < 4.78 is 26.6. The first-order valence-electron chi connectivity index (χ1n) is 5.43. The largest absolute Gasteiger partial charge is 0.381 e. The second kappa shape index (κ2) is 5.78. The fraction of sp³-hybridized carbons (Fsp3) is 0.500. The van der Waals surface area contributed by atoms with E-state index in [2.05, 4.69) is 47.3 Å². The number of nitrogens with one attached hydrogen (secondary N) is 2. The number of hydrogen-bond donors (Lipinski definition) is 2. The van der Waals surface area contributed by atoms with Crippen LogP contribution in [0.15, 0.2) is 16.6 Å². The van der Waals surface area contributed by atoms with Gasteiger partial charge < -0.3 is 10.6 Å². The summed E-state index contributed by atoms with van der Waals surface area (Å²) in [6.45, 7) is 7.45. The van der Waals surface area contributed by atoms with Gasteiger partial charge in [-0.2, -0.15) is 0 Å². The molecule has 0 aromatic heterocycles. The van der Waals surface area contributed by atoms with Gasteiger partial charge in [-0.3, -0.25) is 0 Å². The Kier molecular flexibility index (Phi) is 4.89. The highest BCUT2D eigenvalue weighted by Crippen LogP contribution is 2.23. The van der Waals surface area contributed by atoms with E-state index in [1.54, 1.807) is 0 Å². The predicted molar refractivity (Wildman–Crippen MR) is 70.3 cm³/mol. The third-order valence-corrected chi connectivity index (χ3v) is 2.71. The average molecular weight is 307 g/mol. The first-order chi connectivity index (χ1) is 7.79. The van der Waals surface area contributed by atoms with Crippen LogP contribution in [0.25, 0.3) is 0 Å². The minimum absolute atomic E-state index is 0.0314. The Bertz CT molecular complexity index is 389. The monoisotopic (exact) mass is 306 g/mol. The summed E-state index contributed by atoms with van der Waals surface area (Å²) >= 11 is 3.02. The topological polar surface area (TPSA) is 24.1 Å². The van der Waals surface area contributed by atoms with E-state index in [0.717, 1.165) is 6.07 Å². The first kappa shape index (κ1) is 14.4. The quantitative estimate of drug-likeness (QED) is 0.657. The second-order valence-electron chi connectivity index (χ2n) is 4.85. The maximum absolute atomic E-state index is 13.3. The number of hydrogen-bond acceptors (Lipinski definition) is 2. The Balaban J connectivity index is 2.50. The molecule has 0 saturated carbocycles. The fourth-order valence-electron chi connectivity index (χ4n) is 1.29. The van der Waals surface area contributed by atoms with Gasteiger partial charge in [-0.15, -0.1) is 0 Å². The van der Waals surface area contributed by atoms with Crippen molar-refractivity contribution in [3.05, 3.63) is 28.2 Å². The normalized spacial score (nSPS) is 11.6. The van der Waals surface area contributed by atoms with Gasteiger partial charge in [0.25, 0.3) is 0 Å². The molecule has 1 aromatic rings. The van der Waals surface area contributed by atoms with Crippen LogP contribution in [-0.4, -0.2) is 18.6 Å². The molecule has 0 amide bonds. The van der Waals surface area contributed by atoms with Gasteiger partial charge in [0.1, 0.15) is 11.6 Å². The van der Waals surface area contributed by atoms with E-state index in [1.165, 1.54) is 6.07 Å². The van der Waals surface area contributed by atoms with Gasteiger partial charge in [0.2, 0.25) is 0 Å². The van der Waals surface area contributed by atoms with Gasteiger partial charge >= 0.3 is 0 Å². The molecule has 0 aliphatic rings. The molecular weight excluding hydrogens is 290 g/mol. The lowest BCUT2D eigenvalue weighted by atomic mass is 10.1. The minimum atomic E-state index is -0.596. The maximum atomic E-state index is 13.3. The molecule has 0 unspecified atom stereocenters. The Hall–Kier alpha value is -0.680. The molecule has 17 heavy (non-hydrogen) atoms. The SMILES string of the molecule is CC(C)(C)NCCNc1cc(Br)c(F)cc1F. The van der Waals surface area contributed by atoms with Crippen molar-refractivity contribution in [1.82, 2.24) is 5.32 Å². The van der Waals surface area contributed by atoms with E-state index in [-0.39, 0.29) is 10.0 Å². The van der Waals surface area contributed by atoms with E-state index in [0.29, 0.717) is 18.8 Å². The fourth-order valence-corrected chi connectivity index (χ4v) is 1.64. The highest BCUT2D eigenvalue weighted by molar-refractivity contribution is 9.10. The van der Waals surface area contributed by atoms with Crippen molar-refractivity contribution >= 4 is 21.6 Å². The summed E-state index contributed by atoms with van der Waals surface area (Å²) in [5, 5.41) is 6.19. The predicted octanol–water partition coefficient (Wildman–Crippen LogP) is 3.53. The van der Waals surface area contributed by atoms with Crippen LogP contribution in [0, 0.1) is 11.6 Å². The first-order valence-corrected chi connectivity index (χ1v) is 6.22. The Morgan fingerprint density at radius 1 is 1.12 bits per heavy atom. The van der Waals surface area contributed by atoms with E-state index in [4.69, 9.17) is 0 Å². The van der Waals surface area contributed by atoms with Crippen molar-refractivity contribution in [2.75, 3.05) is 18.4 Å². The Morgan fingerprint density at radius 2 is 1.76 bits per heavy atom. The molecule has 2 N–H and O–H groups in total. The third kappa shape index (κ3) is 5.00. The number of anilines is 1. The maximum Gasteiger partial charge on any atom is 0.149 e. The average Bonchev–Trinajstić information content (AvgIpc) is 2.18. The molecule has 96 valence electrons. The van der Waals surface area contributed by atoms with Gasteiger partial charge in [-0.1, -0.05) is 0 Å². The van der Waals surface area contributed by atoms with Gasteiger partial charge in [0, 0.05) is 24.7 Å². The van der Waals surface area contributed by atoms with Crippen molar-refractivity contribution in [2.24, 2.45) is 0 Å². The van der Waals surface area contributed by atoms with Crippen molar-refractivity contribution in [1.29, 1.82) is 0 Å². The van der Waals surface area contributed by atoms with Crippen LogP contribution in [0.3, 0.4) is 0 Å². The third-order valence-electron chi connectivity index (χ3n) is 2.11. The van der Waals surface area contributed by atoms with Gasteiger partial charge in [-0.25, -0.2) is 8.78 Å². The van der Waals surface area contributed by atoms with Crippen molar-refractivity contribution in [2.45, 2.75) is 26.3 Å². The molecule has 0 atom stereocenters. The molecule has 0 spiro atoms. The van der Waals surface area contributed by atoms with Crippen LogP contribution in [0.2, 0.25) is 0 Å². The van der Waals surface area contributed by atoms with Crippen LogP contribution in [0.1, 0.15) is 20.8 Å². The summed E-state index contributed by atoms with van der Waals surface area (Å²) in [5.41, 5.74) is 0.331. The van der Waals surface area contributed by atoms with Crippen molar-refractivity contribution in [3.8, 4) is 0 Å². The number of halogens is 3. The molecule has 0 aliphatic carbocycles. The minimum Gasteiger partial charge on any atom is -0.381 e.